The molecule has 0 spiro atoms. The highest BCUT2D eigenvalue weighted by Crippen LogP contribution is 2.28. The fourth-order valence-corrected chi connectivity index (χ4v) is 4.98. The first kappa shape index (κ1) is 22.6. The first-order valence-electron chi connectivity index (χ1n) is 12.4. The lowest BCUT2D eigenvalue weighted by atomic mass is 10.0. The molecule has 5 nitrogen and oxygen atoms in total. The van der Waals surface area contributed by atoms with Gasteiger partial charge in [-0.15, -0.1) is 0 Å². The van der Waals surface area contributed by atoms with E-state index in [2.05, 4.69) is 101 Å². The van der Waals surface area contributed by atoms with Crippen LogP contribution in [-0.2, 0) is 6.54 Å². The molecule has 1 N–H and O–H groups in total. The maximum atomic E-state index is 5.61. The maximum Gasteiger partial charge on any atom is 0.151 e. The molecule has 3 aromatic carbocycles. The van der Waals surface area contributed by atoms with E-state index in [1.165, 1.54) is 27.6 Å². The predicted octanol–water partition coefficient (Wildman–Crippen LogP) is 5.41. The van der Waals surface area contributed by atoms with Gasteiger partial charge in [-0.1, -0.05) is 65.3 Å². The molecule has 1 aliphatic rings. The molecule has 5 rings (SSSR count). The van der Waals surface area contributed by atoms with Crippen molar-refractivity contribution in [2.24, 2.45) is 0 Å². The second kappa shape index (κ2) is 10.4. The second-order valence-corrected chi connectivity index (χ2v) is 9.35. The highest BCUT2D eigenvalue weighted by atomic mass is 16.5. The number of aromatic nitrogens is 1. The van der Waals surface area contributed by atoms with Crippen molar-refractivity contribution in [1.82, 2.24) is 15.4 Å². The molecule has 0 atom stereocenters. The highest BCUT2D eigenvalue weighted by molar-refractivity contribution is 5.95. The average molecular weight is 455 g/mol. The standard InChI is InChI=1S/C29H34N4O/c1-22-11-12-29(23(2)19-22)33-17-15-32(16-18-33)14-6-13-30-21-25-20-28(31-34-25)27-10-5-8-24-7-3-4-9-26(24)27/h3-5,7-12,19-20,30H,6,13-18,21H2,1-2H3. The summed E-state index contributed by atoms with van der Waals surface area (Å²) in [6.45, 7) is 11.7. The Labute approximate surface area is 202 Å². The number of benzene rings is 3. The lowest BCUT2D eigenvalue weighted by Gasteiger charge is -2.37. The molecule has 1 fully saturated rings. The molecular weight excluding hydrogens is 420 g/mol. The molecule has 1 aromatic heterocycles. The van der Waals surface area contributed by atoms with Gasteiger partial charge in [-0.05, 0) is 55.8 Å². The van der Waals surface area contributed by atoms with E-state index in [1.807, 2.05) is 0 Å². The maximum absolute atomic E-state index is 5.61. The van der Waals surface area contributed by atoms with E-state index in [4.69, 9.17) is 4.52 Å². The van der Waals surface area contributed by atoms with E-state index in [0.29, 0.717) is 6.54 Å². The monoisotopic (exact) mass is 454 g/mol. The van der Waals surface area contributed by atoms with Crippen LogP contribution in [0.2, 0.25) is 0 Å². The van der Waals surface area contributed by atoms with Crippen LogP contribution in [0.4, 0.5) is 5.69 Å². The summed E-state index contributed by atoms with van der Waals surface area (Å²) in [6.07, 6.45) is 1.13. The number of rotatable bonds is 8. The predicted molar refractivity (Wildman–Crippen MR) is 140 cm³/mol. The van der Waals surface area contributed by atoms with Crippen LogP contribution in [0.1, 0.15) is 23.3 Å². The van der Waals surface area contributed by atoms with Gasteiger partial charge in [0.05, 0.1) is 6.54 Å². The van der Waals surface area contributed by atoms with E-state index in [-0.39, 0.29) is 0 Å². The molecule has 0 saturated carbocycles. The molecule has 0 unspecified atom stereocenters. The van der Waals surface area contributed by atoms with Crippen molar-refractivity contribution in [2.45, 2.75) is 26.8 Å². The topological polar surface area (TPSA) is 44.5 Å². The summed E-state index contributed by atoms with van der Waals surface area (Å²) in [5, 5.41) is 10.3. The van der Waals surface area contributed by atoms with Gasteiger partial charge in [-0.2, -0.15) is 0 Å². The first-order chi connectivity index (χ1) is 16.7. The third-order valence-corrected chi connectivity index (χ3v) is 6.82. The quantitative estimate of drug-likeness (QED) is 0.361. The van der Waals surface area contributed by atoms with Crippen molar-refractivity contribution in [3.8, 4) is 11.3 Å². The summed E-state index contributed by atoms with van der Waals surface area (Å²) < 4.78 is 5.61. The van der Waals surface area contributed by atoms with Crippen LogP contribution >= 0.6 is 0 Å². The van der Waals surface area contributed by atoms with Gasteiger partial charge in [0.15, 0.2) is 5.76 Å². The minimum atomic E-state index is 0.707. The number of piperazine rings is 1. The zero-order chi connectivity index (χ0) is 23.3. The number of aryl methyl sites for hydroxylation is 2. The Bertz CT molecular complexity index is 1230. The molecule has 4 aromatic rings. The second-order valence-electron chi connectivity index (χ2n) is 9.35. The number of nitrogens with one attached hydrogen (secondary N) is 1. The van der Waals surface area contributed by atoms with Gasteiger partial charge in [0.25, 0.3) is 0 Å². The van der Waals surface area contributed by atoms with Gasteiger partial charge in [0.2, 0.25) is 0 Å². The first-order valence-corrected chi connectivity index (χ1v) is 12.4. The van der Waals surface area contributed by atoms with Gasteiger partial charge in [0, 0.05) is 43.5 Å². The molecule has 0 aliphatic carbocycles. The molecule has 0 amide bonds. The third-order valence-electron chi connectivity index (χ3n) is 6.82. The van der Waals surface area contributed by atoms with E-state index in [9.17, 15) is 0 Å². The molecule has 5 heteroatoms. The largest absolute Gasteiger partial charge is 0.369 e. The molecule has 34 heavy (non-hydrogen) atoms. The van der Waals surface area contributed by atoms with Gasteiger partial charge >= 0.3 is 0 Å². The lowest BCUT2D eigenvalue weighted by molar-refractivity contribution is 0.253. The molecular formula is C29H34N4O. The Morgan fingerprint density at radius 2 is 1.74 bits per heavy atom. The fourth-order valence-electron chi connectivity index (χ4n) is 4.98. The number of fused-ring (bicyclic) bond motifs is 1. The van der Waals surface area contributed by atoms with Crippen LogP contribution in [0.15, 0.2) is 71.3 Å². The molecule has 0 bridgehead atoms. The smallest absolute Gasteiger partial charge is 0.151 e. The zero-order valence-corrected chi connectivity index (χ0v) is 20.3. The van der Waals surface area contributed by atoms with Crippen molar-refractivity contribution in [1.29, 1.82) is 0 Å². The van der Waals surface area contributed by atoms with Crippen molar-refractivity contribution < 1.29 is 4.52 Å². The van der Waals surface area contributed by atoms with E-state index >= 15 is 0 Å². The van der Waals surface area contributed by atoms with Crippen LogP contribution in [-0.4, -0.2) is 49.3 Å². The van der Waals surface area contributed by atoms with Crippen LogP contribution in [0.25, 0.3) is 22.0 Å². The summed E-state index contributed by atoms with van der Waals surface area (Å²) in [5.74, 6) is 0.880. The Morgan fingerprint density at radius 3 is 2.59 bits per heavy atom. The van der Waals surface area contributed by atoms with E-state index in [1.54, 1.807) is 0 Å². The van der Waals surface area contributed by atoms with Gasteiger partial charge < -0.3 is 14.7 Å². The average Bonchev–Trinajstić information content (AvgIpc) is 3.33. The SMILES string of the molecule is Cc1ccc(N2CCN(CCCNCc3cc(-c4cccc5ccccc45)no3)CC2)c(C)c1. The van der Waals surface area contributed by atoms with Gasteiger partial charge in [-0.25, -0.2) is 0 Å². The number of hydrogen-bond acceptors (Lipinski definition) is 5. The summed E-state index contributed by atoms with van der Waals surface area (Å²) in [5.41, 5.74) is 6.13. The van der Waals surface area contributed by atoms with Crippen LogP contribution in [0.5, 0.6) is 0 Å². The summed E-state index contributed by atoms with van der Waals surface area (Å²) >= 11 is 0. The minimum absolute atomic E-state index is 0.707. The van der Waals surface area contributed by atoms with Crippen molar-refractivity contribution >= 4 is 16.5 Å². The number of nitrogens with zero attached hydrogens (tertiary/aromatic N) is 3. The molecule has 2 heterocycles. The zero-order valence-electron chi connectivity index (χ0n) is 20.3. The molecule has 0 radical (unpaired) electrons. The van der Waals surface area contributed by atoms with Crippen molar-refractivity contribution in [3.63, 3.8) is 0 Å². The Kier molecular flexibility index (Phi) is 6.93. The van der Waals surface area contributed by atoms with Crippen molar-refractivity contribution in [2.75, 3.05) is 44.2 Å². The van der Waals surface area contributed by atoms with Crippen LogP contribution in [0, 0.1) is 13.8 Å². The van der Waals surface area contributed by atoms with E-state index < -0.39 is 0 Å². The number of hydrogen-bond donors (Lipinski definition) is 1. The summed E-state index contributed by atoms with van der Waals surface area (Å²) in [7, 11) is 0. The van der Waals surface area contributed by atoms with E-state index in [0.717, 1.165) is 62.7 Å². The van der Waals surface area contributed by atoms with Crippen LogP contribution < -0.4 is 10.2 Å². The van der Waals surface area contributed by atoms with Gasteiger partial charge in [0.1, 0.15) is 5.69 Å². The molecule has 1 saturated heterocycles. The molecule has 1 aliphatic heterocycles. The summed E-state index contributed by atoms with van der Waals surface area (Å²) in [4.78, 5) is 5.11. The Balaban J connectivity index is 1.05. The normalized spacial score (nSPS) is 14.7. The third kappa shape index (κ3) is 5.16. The fraction of sp³-hybridized carbons (Fsp3) is 0.345. The lowest BCUT2D eigenvalue weighted by Crippen LogP contribution is -2.47. The summed E-state index contributed by atoms with van der Waals surface area (Å²) in [6, 6.07) is 23.6. The molecule has 176 valence electrons. The minimum Gasteiger partial charge on any atom is -0.369 e. The van der Waals surface area contributed by atoms with Crippen molar-refractivity contribution in [3.05, 3.63) is 83.6 Å². The van der Waals surface area contributed by atoms with Gasteiger partial charge in [-0.3, -0.25) is 4.90 Å². The number of anilines is 1. The Hall–Kier alpha value is -3.15. The highest BCUT2D eigenvalue weighted by Gasteiger charge is 2.18. The van der Waals surface area contributed by atoms with Crippen LogP contribution in [0.3, 0.4) is 0 Å². The Morgan fingerprint density at radius 1 is 0.912 bits per heavy atom.